The minimum atomic E-state index is -0.151. The number of rotatable bonds is 5. The van der Waals surface area contributed by atoms with Gasteiger partial charge >= 0.3 is 0 Å². The minimum absolute atomic E-state index is 0.151. The number of halogens is 1. The molecule has 1 unspecified atom stereocenters. The average Bonchev–Trinajstić information content (AvgIpc) is 2.46. The fourth-order valence-electron chi connectivity index (χ4n) is 2.93. The first kappa shape index (κ1) is 14.5. The molecule has 0 spiro atoms. The van der Waals surface area contributed by atoms with E-state index in [-0.39, 0.29) is 5.82 Å². The molecule has 1 aromatic rings. The first-order chi connectivity index (χ1) is 9.20. The largest absolute Gasteiger partial charge is 0.320 e. The second-order valence-electron chi connectivity index (χ2n) is 5.60. The standard InChI is InChI=1S/C16H25FN2/c1-13(15-3-5-16(17)6-4-15)19-11-8-14(9-12-19)7-10-18-2/h3-6,13-14,18H,7-12H2,1-2H3. The lowest BCUT2D eigenvalue weighted by molar-refractivity contribution is 0.137. The summed E-state index contributed by atoms with van der Waals surface area (Å²) in [5.41, 5.74) is 1.22. The second kappa shape index (κ2) is 7.01. The van der Waals surface area contributed by atoms with Gasteiger partial charge in [0.1, 0.15) is 5.82 Å². The highest BCUT2D eigenvalue weighted by Crippen LogP contribution is 2.27. The van der Waals surface area contributed by atoms with E-state index in [1.807, 2.05) is 19.2 Å². The third-order valence-electron chi connectivity index (χ3n) is 4.35. The zero-order valence-electron chi connectivity index (χ0n) is 12.0. The van der Waals surface area contributed by atoms with Crippen molar-refractivity contribution in [2.45, 2.75) is 32.2 Å². The van der Waals surface area contributed by atoms with Gasteiger partial charge in [-0.3, -0.25) is 4.90 Å². The summed E-state index contributed by atoms with van der Waals surface area (Å²) < 4.78 is 12.9. The summed E-state index contributed by atoms with van der Waals surface area (Å²) in [6, 6.07) is 7.34. The predicted octanol–water partition coefficient (Wildman–Crippen LogP) is 3.21. The number of piperidine rings is 1. The number of hydrogen-bond donors (Lipinski definition) is 1. The van der Waals surface area contributed by atoms with E-state index in [1.165, 1.54) is 24.8 Å². The second-order valence-corrected chi connectivity index (χ2v) is 5.60. The minimum Gasteiger partial charge on any atom is -0.320 e. The number of nitrogens with one attached hydrogen (secondary N) is 1. The smallest absolute Gasteiger partial charge is 0.123 e. The average molecular weight is 264 g/mol. The van der Waals surface area contributed by atoms with Crippen LogP contribution in [-0.4, -0.2) is 31.6 Å². The third kappa shape index (κ3) is 4.02. The van der Waals surface area contributed by atoms with Gasteiger partial charge in [0.05, 0.1) is 0 Å². The molecule has 0 amide bonds. The third-order valence-corrected chi connectivity index (χ3v) is 4.35. The normalized spacial score (nSPS) is 19.5. The highest BCUT2D eigenvalue weighted by Gasteiger charge is 2.23. The van der Waals surface area contributed by atoms with Crippen LogP contribution in [0.1, 0.15) is 37.8 Å². The number of likely N-dealkylation sites (tertiary alicyclic amines) is 1. The summed E-state index contributed by atoms with van der Waals surface area (Å²) in [7, 11) is 2.02. The van der Waals surface area contributed by atoms with Gasteiger partial charge in [0.2, 0.25) is 0 Å². The van der Waals surface area contributed by atoms with E-state index >= 15 is 0 Å². The van der Waals surface area contributed by atoms with Gasteiger partial charge in [-0.2, -0.15) is 0 Å². The Morgan fingerprint density at radius 1 is 1.26 bits per heavy atom. The first-order valence-corrected chi connectivity index (χ1v) is 7.35. The van der Waals surface area contributed by atoms with Crippen molar-refractivity contribution in [2.75, 3.05) is 26.7 Å². The fraction of sp³-hybridized carbons (Fsp3) is 0.625. The zero-order valence-corrected chi connectivity index (χ0v) is 12.0. The maximum Gasteiger partial charge on any atom is 0.123 e. The molecule has 1 heterocycles. The van der Waals surface area contributed by atoms with Gasteiger partial charge in [0.25, 0.3) is 0 Å². The molecule has 1 N–H and O–H groups in total. The Kier molecular flexibility index (Phi) is 5.34. The summed E-state index contributed by atoms with van der Waals surface area (Å²) in [5, 5.41) is 3.23. The molecule has 1 aromatic carbocycles. The lowest BCUT2D eigenvalue weighted by Gasteiger charge is -2.36. The molecule has 19 heavy (non-hydrogen) atoms. The Labute approximate surface area is 116 Å². The first-order valence-electron chi connectivity index (χ1n) is 7.35. The maximum absolute atomic E-state index is 12.9. The molecule has 3 heteroatoms. The Bertz CT molecular complexity index is 369. The highest BCUT2D eigenvalue weighted by molar-refractivity contribution is 5.19. The van der Waals surface area contributed by atoms with Crippen molar-refractivity contribution < 1.29 is 4.39 Å². The molecule has 0 aliphatic carbocycles. The van der Waals surface area contributed by atoms with Gasteiger partial charge in [-0.15, -0.1) is 0 Å². The monoisotopic (exact) mass is 264 g/mol. The van der Waals surface area contributed by atoms with Crippen LogP contribution in [0.5, 0.6) is 0 Å². The lowest BCUT2D eigenvalue weighted by atomic mass is 9.92. The topological polar surface area (TPSA) is 15.3 Å². The van der Waals surface area contributed by atoms with Gasteiger partial charge in [0.15, 0.2) is 0 Å². The molecule has 1 saturated heterocycles. The van der Waals surface area contributed by atoms with E-state index in [0.717, 1.165) is 25.6 Å². The molecule has 1 atom stereocenters. The van der Waals surface area contributed by atoms with Gasteiger partial charge in [-0.1, -0.05) is 12.1 Å². The highest BCUT2D eigenvalue weighted by atomic mass is 19.1. The Balaban J connectivity index is 1.85. The van der Waals surface area contributed by atoms with E-state index in [4.69, 9.17) is 0 Å². The Hall–Kier alpha value is -0.930. The SMILES string of the molecule is CNCCC1CCN(C(C)c2ccc(F)cc2)CC1. The van der Waals surface area contributed by atoms with Gasteiger partial charge < -0.3 is 5.32 Å². The van der Waals surface area contributed by atoms with E-state index < -0.39 is 0 Å². The van der Waals surface area contributed by atoms with Gasteiger partial charge in [-0.25, -0.2) is 4.39 Å². The van der Waals surface area contributed by atoms with E-state index in [0.29, 0.717) is 6.04 Å². The van der Waals surface area contributed by atoms with Crippen LogP contribution in [0.25, 0.3) is 0 Å². The van der Waals surface area contributed by atoms with Crippen molar-refractivity contribution in [1.29, 1.82) is 0 Å². The molecule has 2 nitrogen and oxygen atoms in total. The molecule has 1 fully saturated rings. The number of benzene rings is 1. The molecule has 0 saturated carbocycles. The Morgan fingerprint density at radius 2 is 1.89 bits per heavy atom. The number of hydrogen-bond acceptors (Lipinski definition) is 2. The Morgan fingerprint density at radius 3 is 2.47 bits per heavy atom. The van der Waals surface area contributed by atoms with E-state index in [2.05, 4.69) is 17.1 Å². The molecule has 0 bridgehead atoms. The molecule has 1 aliphatic rings. The zero-order chi connectivity index (χ0) is 13.7. The molecule has 106 valence electrons. The van der Waals surface area contributed by atoms with Gasteiger partial charge in [-0.05, 0) is 76.5 Å². The van der Waals surface area contributed by atoms with Crippen molar-refractivity contribution in [3.63, 3.8) is 0 Å². The van der Waals surface area contributed by atoms with E-state index in [9.17, 15) is 4.39 Å². The van der Waals surface area contributed by atoms with Crippen LogP contribution in [0.15, 0.2) is 24.3 Å². The van der Waals surface area contributed by atoms with Gasteiger partial charge in [0, 0.05) is 6.04 Å². The quantitative estimate of drug-likeness (QED) is 0.878. The summed E-state index contributed by atoms with van der Waals surface area (Å²) in [5.74, 6) is 0.714. The molecule has 0 aromatic heterocycles. The summed E-state index contributed by atoms with van der Waals surface area (Å²) in [6.45, 7) is 5.67. The number of nitrogens with zero attached hydrogens (tertiary/aromatic N) is 1. The van der Waals surface area contributed by atoms with Crippen LogP contribution in [0, 0.1) is 11.7 Å². The van der Waals surface area contributed by atoms with Crippen molar-refractivity contribution in [3.05, 3.63) is 35.6 Å². The van der Waals surface area contributed by atoms with Crippen molar-refractivity contribution in [3.8, 4) is 0 Å². The van der Waals surface area contributed by atoms with Crippen molar-refractivity contribution in [2.24, 2.45) is 5.92 Å². The molecule has 0 radical (unpaired) electrons. The predicted molar refractivity (Wildman–Crippen MR) is 77.7 cm³/mol. The molecular formula is C16H25FN2. The molecule has 1 aliphatic heterocycles. The van der Waals surface area contributed by atoms with Crippen LogP contribution in [0.4, 0.5) is 4.39 Å². The van der Waals surface area contributed by atoms with Crippen LogP contribution in [0.3, 0.4) is 0 Å². The van der Waals surface area contributed by atoms with E-state index in [1.54, 1.807) is 12.1 Å². The van der Waals surface area contributed by atoms with Crippen LogP contribution < -0.4 is 5.32 Å². The summed E-state index contributed by atoms with van der Waals surface area (Å²) in [6.07, 6.45) is 3.86. The van der Waals surface area contributed by atoms with Crippen molar-refractivity contribution in [1.82, 2.24) is 10.2 Å². The maximum atomic E-state index is 12.9. The van der Waals surface area contributed by atoms with Crippen LogP contribution >= 0.6 is 0 Å². The molecular weight excluding hydrogens is 239 g/mol. The van der Waals surface area contributed by atoms with Crippen LogP contribution in [0.2, 0.25) is 0 Å². The summed E-state index contributed by atoms with van der Waals surface area (Å²) in [4.78, 5) is 2.52. The van der Waals surface area contributed by atoms with Crippen LogP contribution in [-0.2, 0) is 0 Å². The van der Waals surface area contributed by atoms with Crippen molar-refractivity contribution >= 4 is 0 Å². The molecule has 2 rings (SSSR count). The lowest BCUT2D eigenvalue weighted by Crippen LogP contribution is -2.36. The fourth-order valence-corrected chi connectivity index (χ4v) is 2.93. The summed E-state index contributed by atoms with van der Waals surface area (Å²) >= 11 is 0.